The Kier molecular flexibility index (Phi) is 3.28. The number of halogens is 1. The summed E-state index contributed by atoms with van der Waals surface area (Å²) in [5.41, 5.74) is 3.10. The molecule has 0 atom stereocenters. The molecule has 0 saturated heterocycles. The second-order valence-electron chi connectivity index (χ2n) is 4.31. The second-order valence-corrected chi connectivity index (χ2v) is 4.31. The van der Waals surface area contributed by atoms with Crippen molar-refractivity contribution in [1.82, 2.24) is 9.97 Å². The molecule has 0 bridgehead atoms. The third-order valence-electron chi connectivity index (χ3n) is 2.94. The Balaban J connectivity index is 2.63. The number of nitrogens with zero attached hydrogens (tertiary/aromatic N) is 2. The summed E-state index contributed by atoms with van der Waals surface area (Å²) < 4.78 is 13.6. The van der Waals surface area contributed by atoms with Crippen LogP contribution in [0.3, 0.4) is 0 Å². The quantitative estimate of drug-likeness (QED) is 0.882. The Hall–Kier alpha value is -1.97. The van der Waals surface area contributed by atoms with Crippen molar-refractivity contribution in [3.8, 4) is 11.3 Å². The molecular weight excluding hydrogens is 229 g/mol. The van der Waals surface area contributed by atoms with Gasteiger partial charge in [-0.25, -0.2) is 14.4 Å². The van der Waals surface area contributed by atoms with Crippen LogP contribution < -0.4 is 5.32 Å². The van der Waals surface area contributed by atoms with Gasteiger partial charge in [0, 0.05) is 18.2 Å². The first-order valence-corrected chi connectivity index (χ1v) is 5.82. The fraction of sp³-hybridized carbons (Fsp3) is 0.286. The lowest BCUT2D eigenvalue weighted by molar-refractivity contribution is 0.619. The molecule has 0 fully saturated rings. The molecule has 2 rings (SSSR count). The number of hydrogen-bond donors (Lipinski definition) is 1. The number of aromatic nitrogens is 2. The molecule has 1 aromatic heterocycles. The summed E-state index contributed by atoms with van der Waals surface area (Å²) in [4.78, 5) is 8.71. The Morgan fingerprint density at radius 3 is 2.44 bits per heavy atom. The van der Waals surface area contributed by atoms with E-state index in [1.807, 2.05) is 27.0 Å². The van der Waals surface area contributed by atoms with Crippen molar-refractivity contribution in [1.29, 1.82) is 0 Å². The largest absolute Gasteiger partial charge is 0.373 e. The Morgan fingerprint density at radius 2 is 1.83 bits per heavy atom. The monoisotopic (exact) mass is 245 g/mol. The minimum Gasteiger partial charge on any atom is -0.373 e. The highest BCUT2D eigenvalue weighted by Crippen LogP contribution is 2.26. The summed E-state index contributed by atoms with van der Waals surface area (Å²) in [6, 6.07) is 5.16. The SMILES string of the molecule is CNc1nc(C)nc(-c2ccc(C)c(F)c2)c1C. The lowest BCUT2D eigenvalue weighted by Gasteiger charge is -2.11. The van der Waals surface area contributed by atoms with E-state index in [-0.39, 0.29) is 5.82 Å². The van der Waals surface area contributed by atoms with Gasteiger partial charge in [0.05, 0.1) is 5.69 Å². The topological polar surface area (TPSA) is 37.8 Å². The van der Waals surface area contributed by atoms with E-state index in [0.29, 0.717) is 11.4 Å². The van der Waals surface area contributed by atoms with Gasteiger partial charge >= 0.3 is 0 Å². The number of hydrogen-bond acceptors (Lipinski definition) is 3. The molecule has 0 aliphatic rings. The van der Waals surface area contributed by atoms with Crippen molar-refractivity contribution < 1.29 is 4.39 Å². The number of aryl methyl sites for hydroxylation is 2. The number of nitrogens with one attached hydrogen (secondary N) is 1. The maximum atomic E-state index is 13.6. The van der Waals surface area contributed by atoms with Crippen LogP contribution >= 0.6 is 0 Å². The molecule has 0 aliphatic heterocycles. The first-order chi connectivity index (χ1) is 8.52. The van der Waals surface area contributed by atoms with E-state index in [1.54, 1.807) is 13.0 Å². The molecule has 4 heteroatoms. The molecule has 1 aromatic carbocycles. The van der Waals surface area contributed by atoms with Gasteiger partial charge in [-0.15, -0.1) is 0 Å². The van der Waals surface area contributed by atoms with Crippen molar-refractivity contribution in [2.24, 2.45) is 0 Å². The highest BCUT2D eigenvalue weighted by molar-refractivity contribution is 5.68. The van der Waals surface area contributed by atoms with Gasteiger partial charge in [-0.3, -0.25) is 0 Å². The molecule has 0 aliphatic carbocycles. The second kappa shape index (κ2) is 4.72. The van der Waals surface area contributed by atoms with Crippen molar-refractivity contribution in [2.75, 3.05) is 12.4 Å². The standard InChI is InChI=1S/C14H16FN3/c1-8-5-6-11(7-12(8)15)13-9(2)14(16-4)18-10(3)17-13/h5-7H,1-4H3,(H,16,17,18). The first kappa shape index (κ1) is 12.5. The zero-order chi connectivity index (χ0) is 13.3. The maximum absolute atomic E-state index is 13.6. The fourth-order valence-electron chi connectivity index (χ4n) is 1.89. The summed E-state index contributed by atoms with van der Waals surface area (Å²) >= 11 is 0. The van der Waals surface area contributed by atoms with E-state index < -0.39 is 0 Å². The van der Waals surface area contributed by atoms with Crippen molar-refractivity contribution in [2.45, 2.75) is 20.8 Å². The van der Waals surface area contributed by atoms with Gasteiger partial charge in [0.15, 0.2) is 0 Å². The van der Waals surface area contributed by atoms with Crippen LogP contribution in [0, 0.1) is 26.6 Å². The predicted octanol–water partition coefficient (Wildman–Crippen LogP) is 3.25. The van der Waals surface area contributed by atoms with Crippen molar-refractivity contribution in [3.05, 3.63) is 41.0 Å². The molecular formula is C14H16FN3. The average molecular weight is 245 g/mol. The van der Waals surface area contributed by atoms with Crippen LogP contribution in [0.2, 0.25) is 0 Å². The Morgan fingerprint density at radius 1 is 1.11 bits per heavy atom. The lowest BCUT2D eigenvalue weighted by atomic mass is 10.0. The van der Waals surface area contributed by atoms with E-state index in [2.05, 4.69) is 15.3 Å². The van der Waals surface area contributed by atoms with Gasteiger partial charge in [-0.05, 0) is 32.4 Å². The summed E-state index contributed by atoms with van der Waals surface area (Å²) in [5, 5.41) is 3.03. The van der Waals surface area contributed by atoms with Gasteiger partial charge in [-0.1, -0.05) is 12.1 Å². The van der Waals surface area contributed by atoms with E-state index in [1.165, 1.54) is 6.07 Å². The highest BCUT2D eigenvalue weighted by Gasteiger charge is 2.11. The predicted molar refractivity (Wildman–Crippen MR) is 71.2 cm³/mol. The molecule has 1 heterocycles. The number of benzene rings is 1. The van der Waals surface area contributed by atoms with Crippen molar-refractivity contribution >= 4 is 5.82 Å². The minimum atomic E-state index is -0.214. The zero-order valence-electron chi connectivity index (χ0n) is 11.0. The number of rotatable bonds is 2. The summed E-state index contributed by atoms with van der Waals surface area (Å²) in [6.07, 6.45) is 0. The molecule has 2 aromatic rings. The van der Waals surface area contributed by atoms with E-state index >= 15 is 0 Å². The van der Waals surface area contributed by atoms with Gasteiger partial charge in [0.25, 0.3) is 0 Å². The minimum absolute atomic E-state index is 0.214. The summed E-state index contributed by atoms with van der Waals surface area (Å²) in [7, 11) is 1.81. The third-order valence-corrected chi connectivity index (χ3v) is 2.94. The molecule has 94 valence electrons. The molecule has 0 amide bonds. The van der Waals surface area contributed by atoms with Crippen LogP contribution in [0.4, 0.5) is 10.2 Å². The van der Waals surface area contributed by atoms with Crippen LogP contribution in [0.15, 0.2) is 18.2 Å². The fourth-order valence-corrected chi connectivity index (χ4v) is 1.89. The Labute approximate surface area is 106 Å². The maximum Gasteiger partial charge on any atom is 0.132 e. The first-order valence-electron chi connectivity index (χ1n) is 5.82. The Bertz CT molecular complexity index is 594. The van der Waals surface area contributed by atoms with Crippen LogP contribution in [0.25, 0.3) is 11.3 Å². The molecule has 18 heavy (non-hydrogen) atoms. The van der Waals surface area contributed by atoms with Gasteiger partial charge in [0.1, 0.15) is 17.5 Å². The number of anilines is 1. The van der Waals surface area contributed by atoms with Crippen LogP contribution in [0.5, 0.6) is 0 Å². The smallest absolute Gasteiger partial charge is 0.132 e. The van der Waals surface area contributed by atoms with E-state index in [0.717, 1.165) is 22.6 Å². The van der Waals surface area contributed by atoms with E-state index in [9.17, 15) is 4.39 Å². The molecule has 0 radical (unpaired) electrons. The molecule has 0 spiro atoms. The summed E-state index contributed by atoms with van der Waals surface area (Å²) in [5.74, 6) is 1.23. The zero-order valence-corrected chi connectivity index (χ0v) is 11.0. The van der Waals surface area contributed by atoms with Gasteiger partial charge in [-0.2, -0.15) is 0 Å². The van der Waals surface area contributed by atoms with E-state index in [4.69, 9.17) is 0 Å². The van der Waals surface area contributed by atoms with Crippen LogP contribution in [-0.2, 0) is 0 Å². The molecule has 0 unspecified atom stereocenters. The van der Waals surface area contributed by atoms with Crippen molar-refractivity contribution in [3.63, 3.8) is 0 Å². The van der Waals surface area contributed by atoms with Gasteiger partial charge < -0.3 is 5.32 Å². The van der Waals surface area contributed by atoms with Crippen LogP contribution in [0.1, 0.15) is 17.0 Å². The average Bonchev–Trinajstić information content (AvgIpc) is 2.35. The highest BCUT2D eigenvalue weighted by atomic mass is 19.1. The van der Waals surface area contributed by atoms with Gasteiger partial charge in [0.2, 0.25) is 0 Å². The summed E-state index contributed by atoms with van der Waals surface area (Å²) in [6.45, 7) is 5.50. The normalized spacial score (nSPS) is 10.5. The molecule has 0 saturated carbocycles. The van der Waals surface area contributed by atoms with Crippen LogP contribution in [-0.4, -0.2) is 17.0 Å². The molecule has 3 nitrogen and oxygen atoms in total. The molecule has 1 N–H and O–H groups in total. The lowest BCUT2D eigenvalue weighted by Crippen LogP contribution is -2.03. The third kappa shape index (κ3) is 2.18.